The highest BCUT2D eigenvalue weighted by atomic mass is 79.9. The van der Waals surface area contributed by atoms with Crippen molar-refractivity contribution in [3.8, 4) is 0 Å². The fourth-order valence-corrected chi connectivity index (χ4v) is 2.15. The molecule has 0 bridgehead atoms. The van der Waals surface area contributed by atoms with E-state index in [-0.39, 0.29) is 0 Å². The van der Waals surface area contributed by atoms with E-state index < -0.39 is 0 Å². The maximum atomic E-state index is 10.9. The zero-order valence-corrected chi connectivity index (χ0v) is 9.50. The largest absolute Gasteiger partial charge is 0.298 e. The monoisotopic (exact) mass is 252 g/mol. The summed E-state index contributed by atoms with van der Waals surface area (Å²) in [6.45, 7) is 1.93. The standard InChI is InChI=1S/C10H9BrN2O/c1-6-9-4-8(11)3-7(5-14)10(9)13(2)12-6/h3-5H,1-2H3. The summed E-state index contributed by atoms with van der Waals surface area (Å²) in [4.78, 5) is 10.9. The molecule has 0 spiro atoms. The second-order valence-electron chi connectivity index (χ2n) is 3.22. The molecule has 14 heavy (non-hydrogen) atoms. The minimum Gasteiger partial charge on any atom is -0.298 e. The molecule has 0 saturated carbocycles. The van der Waals surface area contributed by atoms with Gasteiger partial charge >= 0.3 is 0 Å². The number of hydrogen-bond acceptors (Lipinski definition) is 2. The molecule has 1 aromatic carbocycles. The third-order valence-electron chi connectivity index (χ3n) is 2.24. The van der Waals surface area contributed by atoms with Gasteiger partial charge in [0.25, 0.3) is 0 Å². The molecule has 72 valence electrons. The summed E-state index contributed by atoms with van der Waals surface area (Å²) in [6, 6.07) is 3.78. The topological polar surface area (TPSA) is 34.9 Å². The average Bonchev–Trinajstić information content (AvgIpc) is 2.41. The Labute approximate surface area is 89.8 Å². The lowest BCUT2D eigenvalue weighted by Crippen LogP contribution is -1.93. The predicted octanol–water partition coefficient (Wildman–Crippen LogP) is 2.46. The van der Waals surface area contributed by atoms with Gasteiger partial charge in [-0.3, -0.25) is 9.48 Å². The van der Waals surface area contributed by atoms with Crippen LogP contribution in [0.25, 0.3) is 10.9 Å². The first-order chi connectivity index (χ1) is 6.63. The van der Waals surface area contributed by atoms with Crippen LogP contribution >= 0.6 is 15.9 Å². The van der Waals surface area contributed by atoms with Crippen LogP contribution in [0.1, 0.15) is 16.1 Å². The minimum atomic E-state index is 0.664. The van der Waals surface area contributed by atoms with E-state index in [0.29, 0.717) is 5.56 Å². The molecule has 0 radical (unpaired) electrons. The summed E-state index contributed by atoms with van der Waals surface area (Å²) < 4.78 is 2.64. The number of aryl methyl sites for hydroxylation is 2. The van der Waals surface area contributed by atoms with Gasteiger partial charge < -0.3 is 0 Å². The summed E-state index contributed by atoms with van der Waals surface area (Å²) in [5.41, 5.74) is 2.49. The van der Waals surface area contributed by atoms with E-state index in [1.165, 1.54) is 0 Å². The Balaban J connectivity index is 2.97. The van der Waals surface area contributed by atoms with Gasteiger partial charge in [-0.05, 0) is 19.1 Å². The maximum absolute atomic E-state index is 10.9. The molecule has 2 aromatic rings. The molecule has 1 aromatic heterocycles. The van der Waals surface area contributed by atoms with Gasteiger partial charge in [0.05, 0.1) is 11.2 Å². The zero-order chi connectivity index (χ0) is 10.3. The molecular formula is C10H9BrN2O. The van der Waals surface area contributed by atoms with Crippen LogP contribution in [-0.2, 0) is 7.05 Å². The summed E-state index contributed by atoms with van der Waals surface area (Å²) in [5.74, 6) is 0. The summed E-state index contributed by atoms with van der Waals surface area (Å²) in [5, 5.41) is 5.29. The first kappa shape index (κ1) is 9.40. The van der Waals surface area contributed by atoms with Crippen LogP contribution in [0.4, 0.5) is 0 Å². The van der Waals surface area contributed by atoms with Crippen molar-refractivity contribution in [2.24, 2.45) is 7.05 Å². The third-order valence-corrected chi connectivity index (χ3v) is 2.70. The van der Waals surface area contributed by atoms with E-state index in [9.17, 15) is 4.79 Å². The Morgan fingerprint density at radius 1 is 1.50 bits per heavy atom. The molecule has 0 atom stereocenters. The number of halogens is 1. The Morgan fingerprint density at radius 3 is 2.86 bits per heavy atom. The molecule has 0 N–H and O–H groups in total. The van der Waals surface area contributed by atoms with E-state index in [1.54, 1.807) is 10.7 Å². The molecule has 3 nitrogen and oxygen atoms in total. The molecule has 4 heteroatoms. The molecule has 0 aliphatic heterocycles. The van der Waals surface area contributed by atoms with Crippen molar-refractivity contribution in [1.29, 1.82) is 0 Å². The Morgan fingerprint density at radius 2 is 2.21 bits per heavy atom. The Bertz CT molecular complexity index is 516. The highest BCUT2D eigenvalue weighted by Crippen LogP contribution is 2.25. The third kappa shape index (κ3) is 1.26. The van der Waals surface area contributed by atoms with Gasteiger partial charge in [0.1, 0.15) is 0 Å². The number of aromatic nitrogens is 2. The molecule has 0 amide bonds. The number of nitrogens with zero attached hydrogens (tertiary/aromatic N) is 2. The van der Waals surface area contributed by atoms with Gasteiger partial charge in [0, 0.05) is 22.5 Å². The smallest absolute Gasteiger partial charge is 0.152 e. The quantitative estimate of drug-likeness (QED) is 0.731. The summed E-state index contributed by atoms with van der Waals surface area (Å²) >= 11 is 3.37. The molecular weight excluding hydrogens is 244 g/mol. The lowest BCUT2D eigenvalue weighted by molar-refractivity contribution is 0.112. The van der Waals surface area contributed by atoms with Gasteiger partial charge in [-0.15, -0.1) is 0 Å². The normalized spacial score (nSPS) is 10.8. The van der Waals surface area contributed by atoms with E-state index in [0.717, 1.165) is 27.4 Å². The molecule has 0 aliphatic carbocycles. The first-order valence-electron chi connectivity index (χ1n) is 4.21. The van der Waals surface area contributed by atoms with Crippen molar-refractivity contribution >= 4 is 33.1 Å². The number of benzene rings is 1. The van der Waals surface area contributed by atoms with Crippen molar-refractivity contribution in [3.63, 3.8) is 0 Å². The second-order valence-corrected chi connectivity index (χ2v) is 4.13. The first-order valence-corrected chi connectivity index (χ1v) is 5.01. The second kappa shape index (κ2) is 3.20. The molecule has 1 heterocycles. The molecule has 0 fully saturated rings. The zero-order valence-electron chi connectivity index (χ0n) is 7.91. The number of carbonyl (C=O) groups is 1. The van der Waals surface area contributed by atoms with Crippen LogP contribution < -0.4 is 0 Å². The van der Waals surface area contributed by atoms with Crippen LogP contribution in [0, 0.1) is 6.92 Å². The van der Waals surface area contributed by atoms with Crippen LogP contribution in [0.15, 0.2) is 16.6 Å². The number of fused-ring (bicyclic) bond motifs is 1. The van der Waals surface area contributed by atoms with E-state index >= 15 is 0 Å². The molecule has 0 unspecified atom stereocenters. The van der Waals surface area contributed by atoms with E-state index in [2.05, 4.69) is 21.0 Å². The van der Waals surface area contributed by atoms with Crippen molar-refractivity contribution in [2.45, 2.75) is 6.92 Å². The van der Waals surface area contributed by atoms with Crippen molar-refractivity contribution < 1.29 is 4.79 Å². The highest BCUT2D eigenvalue weighted by molar-refractivity contribution is 9.10. The Hall–Kier alpha value is -1.16. The predicted molar refractivity (Wildman–Crippen MR) is 58.5 cm³/mol. The van der Waals surface area contributed by atoms with Gasteiger partial charge in [0.2, 0.25) is 0 Å². The van der Waals surface area contributed by atoms with Crippen molar-refractivity contribution in [2.75, 3.05) is 0 Å². The van der Waals surface area contributed by atoms with Gasteiger partial charge in [-0.1, -0.05) is 15.9 Å². The Kier molecular flexibility index (Phi) is 2.15. The number of carbonyl (C=O) groups excluding carboxylic acids is 1. The van der Waals surface area contributed by atoms with Crippen LogP contribution in [0.5, 0.6) is 0 Å². The van der Waals surface area contributed by atoms with E-state index in [4.69, 9.17) is 0 Å². The average molecular weight is 253 g/mol. The fraction of sp³-hybridized carbons (Fsp3) is 0.200. The molecule has 0 saturated heterocycles. The van der Waals surface area contributed by atoms with E-state index in [1.807, 2.05) is 20.0 Å². The number of rotatable bonds is 1. The SMILES string of the molecule is Cc1nn(C)c2c(C=O)cc(Br)cc12. The van der Waals surface area contributed by atoms with Crippen LogP contribution in [-0.4, -0.2) is 16.1 Å². The summed E-state index contributed by atoms with van der Waals surface area (Å²) in [6.07, 6.45) is 0.855. The number of aldehydes is 1. The molecule has 0 aliphatic rings. The van der Waals surface area contributed by atoms with Crippen LogP contribution in [0.2, 0.25) is 0 Å². The van der Waals surface area contributed by atoms with Gasteiger partial charge in [-0.25, -0.2) is 0 Å². The van der Waals surface area contributed by atoms with Gasteiger partial charge in [-0.2, -0.15) is 5.10 Å². The maximum Gasteiger partial charge on any atom is 0.152 e. The number of hydrogen-bond donors (Lipinski definition) is 0. The molecule has 2 rings (SSSR count). The fourth-order valence-electron chi connectivity index (χ4n) is 1.68. The minimum absolute atomic E-state index is 0.664. The highest BCUT2D eigenvalue weighted by Gasteiger charge is 2.09. The van der Waals surface area contributed by atoms with Gasteiger partial charge in [0.15, 0.2) is 6.29 Å². The van der Waals surface area contributed by atoms with Crippen LogP contribution in [0.3, 0.4) is 0 Å². The lowest BCUT2D eigenvalue weighted by Gasteiger charge is -1.99. The lowest BCUT2D eigenvalue weighted by atomic mass is 10.1. The van der Waals surface area contributed by atoms with Crippen molar-refractivity contribution in [1.82, 2.24) is 9.78 Å². The van der Waals surface area contributed by atoms with Crippen molar-refractivity contribution in [3.05, 3.63) is 27.9 Å². The summed E-state index contributed by atoms with van der Waals surface area (Å²) in [7, 11) is 1.84.